The van der Waals surface area contributed by atoms with E-state index in [1.165, 1.54) is 88.8 Å². The van der Waals surface area contributed by atoms with Gasteiger partial charge in [0.15, 0.2) is 0 Å². The third-order valence-electron chi connectivity index (χ3n) is 9.63. The first kappa shape index (κ1) is 50.8. The van der Waals surface area contributed by atoms with Crippen molar-refractivity contribution >= 4 is 37.2 Å². The number of carbonyl (C=O) groups excluding carboxylic acids is 3. The fourth-order valence-corrected chi connectivity index (χ4v) is 8.78. The van der Waals surface area contributed by atoms with Crippen LogP contribution in [-0.4, -0.2) is 86.2 Å². The number of hydrogen-bond acceptors (Lipinski definition) is 11. The first-order valence-corrected chi connectivity index (χ1v) is 24.5. The van der Waals surface area contributed by atoms with Crippen LogP contribution in [0, 0.1) is 0 Å². The molecule has 0 spiro atoms. The number of unbranched alkanes of at least 4 members (excludes halogenated alkanes) is 16. The van der Waals surface area contributed by atoms with E-state index >= 15 is 0 Å². The van der Waals surface area contributed by atoms with Crippen molar-refractivity contribution < 1.29 is 42.2 Å². The van der Waals surface area contributed by atoms with E-state index in [-0.39, 0.29) is 30.6 Å². The van der Waals surface area contributed by atoms with E-state index in [4.69, 9.17) is 29.0 Å². The SMILES string of the molecule is CCCCCCCCCCCC(=O)OCC(CSCC(N)C(=O)NC1(COCCCP(=O)(OCC)OCC)CC1)OC(=O)CCCCCCCCCCC. The predicted molar refractivity (Wildman–Crippen MR) is 221 cm³/mol. The number of nitrogens with one attached hydrogen (secondary N) is 1. The maximum Gasteiger partial charge on any atom is 0.330 e. The summed E-state index contributed by atoms with van der Waals surface area (Å²) < 4.78 is 40.5. The quantitative estimate of drug-likeness (QED) is 0.0347. The number of rotatable bonds is 39. The molecule has 54 heavy (non-hydrogen) atoms. The Labute approximate surface area is 333 Å². The molecule has 0 aromatic rings. The molecule has 0 aromatic carbocycles. The fraction of sp³-hybridized carbons (Fsp3) is 0.927. The first-order valence-electron chi connectivity index (χ1n) is 21.6. The zero-order valence-electron chi connectivity index (χ0n) is 34.7. The molecule has 0 saturated heterocycles. The molecule has 0 radical (unpaired) electrons. The summed E-state index contributed by atoms with van der Waals surface area (Å²) in [7, 11) is -3.10. The predicted octanol–water partition coefficient (Wildman–Crippen LogP) is 9.67. The van der Waals surface area contributed by atoms with Crippen LogP contribution >= 0.6 is 19.4 Å². The molecule has 318 valence electrons. The fourth-order valence-electron chi connectivity index (χ4n) is 6.18. The third kappa shape index (κ3) is 27.4. The molecule has 1 rings (SSSR count). The van der Waals surface area contributed by atoms with Gasteiger partial charge < -0.3 is 34.3 Å². The lowest BCUT2D eigenvalue weighted by Gasteiger charge is -2.22. The van der Waals surface area contributed by atoms with Crippen LogP contribution in [0.2, 0.25) is 0 Å². The van der Waals surface area contributed by atoms with Crippen LogP contribution in [-0.2, 0) is 42.2 Å². The van der Waals surface area contributed by atoms with Crippen LogP contribution in [0.15, 0.2) is 0 Å². The zero-order chi connectivity index (χ0) is 39.8. The van der Waals surface area contributed by atoms with Crippen LogP contribution in [0.5, 0.6) is 0 Å². The standard InChI is InChI=1S/C41H79N2O9PS/c1-5-9-11-13-15-17-19-21-23-26-38(44)49-32-36(52-39(45)27-24-22-20-18-16-14-12-10-6-2)33-54-34-37(42)40(46)43-41(28-29-41)35-48-30-25-31-53(47,50-7-3)51-8-4/h36-37H,5-35,42H2,1-4H3,(H,43,46). The second kappa shape index (κ2) is 32.9. The molecule has 11 nitrogen and oxygen atoms in total. The molecule has 1 aliphatic rings. The maximum atomic E-state index is 13.0. The van der Waals surface area contributed by atoms with Crippen molar-refractivity contribution in [2.24, 2.45) is 5.73 Å². The Kier molecular flexibility index (Phi) is 30.9. The van der Waals surface area contributed by atoms with Crippen LogP contribution in [0.25, 0.3) is 0 Å². The second-order valence-corrected chi connectivity index (χ2v) is 18.2. The lowest BCUT2D eigenvalue weighted by atomic mass is 10.1. The largest absolute Gasteiger partial charge is 0.462 e. The molecule has 0 aromatic heterocycles. The Morgan fingerprint density at radius 3 is 1.70 bits per heavy atom. The number of esters is 2. The Morgan fingerprint density at radius 1 is 0.704 bits per heavy atom. The highest BCUT2D eigenvalue weighted by molar-refractivity contribution is 7.99. The minimum absolute atomic E-state index is 0.000754. The number of carbonyl (C=O) groups is 3. The molecule has 13 heteroatoms. The van der Waals surface area contributed by atoms with Crippen molar-refractivity contribution in [3.63, 3.8) is 0 Å². The highest BCUT2D eigenvalue weighted by Crippen LogP contribution is 2.48. The van der Waals surface area contributed by atoms with Gasteiger partial charge in [-0.3, -0.25) is 18.9 Å². The van der Waals surface area contributed by atoms with Crippen molar-refractivity contribution in [2.45, 2.75) is 193 Å². The summed E-state index contributed by atoms with van der Waals surface area (Å²) in [6.45, 7) is 9.40. The number of nitrogens with two attached hydrogens (primary N) is 1. The molecule has 1 saturated carbocycles. The maximum absolute atomic E-state index is 13.0. The minimum Gasteiger partial charge on any atom is -0.462 e. The molecular formula is C41H79N2O9PS. The molecule has 0 bridgehead atoms. The van der Waals surface area contributed by atoms with E-state index < -0.39 is 25.3 Å². The van der Waals surface area contributed by atoms with Gasteiger partial charge in [-0.15, -0.1) is 0 Å². The van der Waals surface area contributed by atoms with E-state index in [2.05, 4.69) is 19.2 Å². The van der Waals surface area contributed by atoms with Gasteiger partial charge in [-0.25, -0.2) is 0 Å². The average Bonchev–Trinajstić information content (AvgIpc) is 3.91. The number of thioether (sulfide) groups is 1. The number of amides is 1. The van der Waals surface area contributed by atoms with Gasteiger partial charge in [0, 0.05) is 31.0 Å². The summed E-state index contributed by atoms with van der Waals surface area (Å²) in [5.74, 6) is -0.112. The van der Waals surface area contributed by atoms with Crippen LogP contribution < -0.4 is 11.1 Å². The lowest BCUT2D eigenvalue weighted by molar-refractivity contribution is -0.157. The van der Waals surface area contributed by atoms with Gasteiger partial charge in [0.2, 0.25) is 5.91 Å². The summed E-state index contributed by atoms with van der Waals surface area (Å²) in [6.07, 6.45) is 23.5. The van der Waals surface area contributed by atoms with Crippen LogP contribution in [0.3, 0.4) is 0 Å². The van der Waals surface area contributed by atoms with Gasteiger partial charge in [-0.1, -0.05) is 117 Å². The lowest BCUT2D eigenvalue weighted by Crippen LogP contribution is -2.49. The summed E-state index contributed by atoms with van der Waals surface area (Å²) in [5, 5.41) is 3.06. The van der Waals surface area contributed by atoms with E-state index in [1.54, 1.807) is 13.8 Å². The smallest absolute Gasteiger partial charge is 0.330 e. The highest BCUT2D eigenvalue weighted by atomic mass is 32.2. The first-order chi connectivity index (χ1) is 26.1. The van der Waals surface area contributed by atoms with E-state index in [0.29, 0.717) is 57.2 Å². The summed E-state index contributed by atoms with van der Waals surface area (Å²) >= 11 is 1.41. The van der Waals surface area contributed by atoms with Crippen molar-refractivity contribution in [1.29, 1.82) is 0 Å². The molecule has 1 aliphatic carbocycles. The molecule has 2 unspecified atom stereocenters. The van der Waals surface area contributed by atoms with E-state index in [0.717, 1.165) is 51.4 Å². The minimum atomic E-state index is -3.10. The molecule has 2 atom stereocenters. The third-order valence-corrected chi connectivity index (χ3v) is 13.0. The number of hydrogen-bond donors (Lipinski definition) is 2. The van der Waals surface area contributed by atoms with Crippen molar-refractivity contribution in [3.05, 3.63) is 0 Å². The summed E-state index contributed by atoms with van der Waals surface area (Å²) in [5.41, 5.74) is 5.84. The van der Waals surface area contributed by atoms with Crippen molar-refractivity contribution in [3.8, 4) is 0 Å². The van der Waals surface area contributed by atoms with Gasteiger partial charge in [-0.2, -0.15) is 11.8 Å². The highest BCUT2D eigenvalue weighted by Gasteiger charge is 2.45. The molecule has 1 fully saturated rings. The Bertz CT molecular complexity index is 1010. The van der Waals surface area contributed by atoms with Gasteiger partial charge >= 0.3 is 19.5 Å². The molecular weight excluding hydrogens is 727 g/mol. The van der Waals surface area contributed by atoms with Gasteiger partial charge in [-0.05, 0) is 46.0 Å². The molecule has 3 N–H and O–H groups in total. The Balaban J connectivity index is 2.47. The van der Waals surface area contributed by atoms with E-state index in [1.807, 2.05) is 0 Å². The Morgan fingerprint density at radius 2 is 1.20 bits per heavy atom. The van der Waals surface area contributed by atoms with Crippen molar-refractivity contribution in [1.82, 2.24) is 5.32 Å². The van der Waals surface area contributed by atoms with E-state index in [9.17, 15) is 18.9 Å². The normalized spacial score (nSPS) is 14.8. The molecule has 0 aliphatic heterocycles. The Hall–Kier alpha value is -1.17. The van der Waals surface area contributed by atoms with Crippen LogP contribution in [0.4, 0.5) is 0 Å². The van der Waals surface area contributed by atoms with Crippen molar-refractivity contribution in [2.75, 3.05) is 50.7 Å². The summed E-state index contributed by atoms with van der Waals surface area (Å²) in [6, 6.07) is -0.761. The average molecular weight is 807 g/mol. The van der Waals surface area contributed by atoms with Crippen LogP contribution in [0.1, 0.15) is 175 Å². The van der Waals surface area contributed by atoms with Gasteiger partial charge in [0.25, 0.3) is 0 Å². The monoisotopic (exact) mass is 807 g/mol. The zero-order valence-corrected chi connectivity index (χ0v) is 36.4. The molecule has 0 heterocycles. The second-order valence-electron chi connectivity index (χ2n) is 14.9. The topological polar surface area (TPSA) is 152 Å². The molecule has 1 amide bonds. The number of ether oxygens (including phenoxy) is 3. The van der Waals surface area contributed by atoms with Gasteiger partial charge in [0.05, 0.1) is 37.6 Å². The van der Waals surface area contributed by atoms with Gasteiger partial charge in [0.1, 0.15) is 12.7 Å². The summed E-state index contributed by atoms with van der Waals surface area (Å²) in [4.78, 5) is 38.3.